The molecule has 0 atom stereocenters. The molecule has 1 aromatic carbocycles. The Morgan fingerprint density at radius 1 is 1.17 bits per heavy atom. The van der Waals surface area contributed by atoms with Gasteiger partial charge >= 0.3 is 0 Å². The zero-order valence-corrected chi connectivity index (χ0v) is 10.6. The van der Waals surface area contributed by atoms with Crippen molar-refractivity contribution in [2.45, 2.75) is 26.4 Å². The van der Waals surface area contributed by atoms with Gasteiger partial charge in [0.25, 0.3) is 0 Å². The van der Waals surface area contributed by atoms with E-state index >= 15 is 0 Å². The van der Waals surface area contributed by atoms with Gasteiger partial charge in [0.2, 0.25) is 0 Å². The van der Waals surface area contributed by atoms with Gasteiger partial charge in [-0.05, 0) is 32.0 Å². The minimum atomic E-state index is 0.401. The number of fused-ring (bicyclic) bond motifs is 1. The minimum absolute atomic E-state index is 0.401. The second-order valence-electron chi connectivity index (χ2n) is 4.74. The number of hydrogen-bond acceptors (Lipinski definition) is 2. The van der Waals surface area contributed by atoms with E-state index in [4.69, 9.17) is 0 Å². The average Bonchev–Trinajstić information content (AvgIpc) is 2.98. The van der Waals surface area contributed by atoms with Crippen LogP contribution in [0.25, 0.3) is 11.0 Å². The van der Waals surface area contributed by atoms with Crippen LogP contribution in [-0.4, -0.2) is 19.3 Å². The molecule has 0 saturated carbocycles. The van der Waals surface area contributed by atoms with Gasteiger partial charge in [0, 0.05) is 12.2 Å². The summed E-state index contributed by atoms with van der Waals surface area (Å²) >= 11 is 0. The van der Waals surface area contributed by atoms with Gasteiger partial charge < -0.3 is 4.57 Å². The molecule has 0 aliphatic rings. The van der Waals surface area contributed by atoms with E-state index in [0.29, 0.717) is 6.04 Å². The fourth-order valence-corrected chi connectivity index (χ4v) is 2.06. The van der Waals surface area contributed by atoms with Crippen LogP contribution in [0, 0.1) is 0 Å². The van der Waals surface area contributed by atoms with Gasteiger partial charge in [-0.1, -0.05) is 12.1 Å². The zero-order valence-electron chi connectivity index (χ0n) is 10.6. The highest BCUT2D eigenvalue weighted by atomic mass is 15.3. The van der Waals surface area contributed by atoms with Gasteiger partial charge in [-0.25, -0.2) is 4.98 Å². The highest BCUT2D eigenvalue weighted by Crippen LogP contribution is 2.13. The predicted molar refractivity (Wildman–Crippen MR) is 71.4 cm³/mol. The van der Waals surface area contributed by atoms with E-state index in [2.05, 4.69) is 40.6 Å². The summed E-state index contributed by atoms with van der Waals surface area (Å²) in [5.74, 6) is 0. The molecule has 0 saturated heterocycles. The molecule has 4 heteroatoms. The van der Waals surface area contributed by atoms with Crippen LogP contribution in [0.1, 0.15) is 25.6 Å². The Hall–Kier alpha value is -2.10. The van der Waals surface area contributed by atoms with Gasteiger partial charge in [-0.3, -0.25) is 4.68 Å². The molecule has 4 nitrogen and oxygen atoms in total. The van der Waals surface area contributed by atoms with Crippen LogP contribution in [0.5, 0.6) is 0 Å². The Morgan fingerprint density at radius 3 is 2.78 bits per heavy atom. The van der Waals surface area contributed by atoms with Crippen molar-refractivity contribution in [2.24, 2.45) is 0 Å². The molecule has 3 rings (SSSR count). The molecule has 18 heavy (non-hydrogen) atoms. The van der Waals surface area contributed by atoms with Crippen molar-refractivity contribution in [3.63, 3.8) is 0 Å². The van der Waals surface area contributed by atoms with Crippen molar-refractivity contribution < 1.29 is 0 Å². The predicted octanol–water partition coefficient (Wildman–Crippen LogP) is 2.86. The first-order valence-electron chi connectivity index (χ1n) is 6.18. The molecule has 2 heterocycles. The first kappa shape index (κ1) is 11.0. The third kappa shape index (κ3) is 1.90. The maximum atomic E-state index is 4.56. The van der Waals surface area contributed by atoms with Crippen molar-refractivity contribution in [2.75, 3.05) is 0 Å². The lowest BCUT2D eigenvalue weighted by atomic mass is 10.3. The summed E-state index contributed by atoms with van der Waals surface area (Å²) in [4.78, 5) is 4.39. The molecule has 0 spiro atoms. The van der Waals surface area contributed by atoms with Crippen molar-refractivity contribution >= 4 is 11.0 Å². The van der Waals surface area contributed by atoms with E-state index in [1.165, 1.54) is 0 Å². The number of para-hydroxylation sites is 2. The molecule has 2 aromatic heterocycles. The molecule has 0 N–H and O–H groups in total. The van der Waals surface area contributed by atoms with Crippen LogP contribution in [0.3, 0.4) is 0 Å². The molecule has 3 aromatic rings. The summed E-state index contributed by atoms with van der Waals surface area (Å²) in [6.07, 6.45) is 3.90. The lowest BCUT2D eigenvalue weighted by Gasteiger charge is -2.04. The molecule has 0 aliphatic carbocycles. The van der Waals surface area contributed by atoms with Crippen LogP contribution in [0.4, 0.5) is 0 Å². The monoisotopic (exact) mass is 240 g/mol. The molecule has 0 fully saturated rings. The number of aromatic nitrogens is 4. The van der Waals surface area contributed by atoms with Crippen LogP contribution in [-0.2, 0) is 6.54 Å². The highest BCUT2D eigenvalue weighted by molar-refractivity contribution is 5.74. The summed E-state index contributed by atoms with van der Waals surface area (Å²) in [6.45, 7) is 5.02. The van der Waals surface area contributed by atoms with Crippen molar-refractivity contribution in [1.82, 2.24) is 19.3 Å². The van der Waals surface area contributed by atoms with E-state index in [1.54, 1.807) is 0 Å². The fraction of sp³-hybridized carbons (Fsp3) is 0.286. The largest absolute Gasteiger partial charge is 0.324 e. The molecule has 0 radical (unpaired) electrons. The Kier molecular flexibility index (Phi) is 2.63. The Morgan fingerprint density at radius 2 is 2.00 bits per heavy atom. The van der Waals surface area contributed by atoms with Gasteiger partial charge in [0.15, 0.2) is 0 Å². The lowest BCUT2D eigenvalue weighted by molar-refractivity contribution is 0.524. The third-order valence-electron chi connectivity index (χ3n) is 3.05. The number of nitrogens with zero attached hydrogens (tertiary/aromatic N) is 4. The van der Waals surface area contributed by atoms with Crippen LogP contribution in [0.2, 0.25) is 0 Å². The summed E-state index contributed by atoms with van der Waals surface area (Å²) in [5.41, 5.74) is 3.24. The molecule has 0 amide bonds. The van der Waals surface area contributed by atoms with Crippen LogP contribution < -0.4 is 0 Å². The zero-order chi connectivity index (χ0) is 12.5. The number of rotatable bonds is 3. The van der Waals surface area contributed by atoms with Crippen molar-refractivity contribution in [1.29, 1.82) is 0 Å². The quantitative estimate of drug-likeness (QED) is 0.705. The first-order valence-corrected chi connectivity index (χ1v) is 6.18. The highest BCUT2D eigenvalue weighted by Gasteiger charge is 2.05. The van der Waals surface area contributed by atoms with Gasteiger partial charge in [-0.2, -0.15) is 5.10 Å². The fourth-order valence-electron chi connectivity index (χ4n) is 2.06. The minimum Gasteiger partial charge on any atom is -0.324 e. The SMILES string of the molecule is CC(C)n1ccc(Cn2cnc3ccccc32)n1. The number of hydrogen-bond donors (Lipinski definition) is 0. The van der Waals surface area contributed by atoms with Gasteiger partial charge in [-0.15, -0.1) is 0 Å². The van der Waals surface area contributed by atoms with Crippen LogP contribution >= 0.6 is 0 Å². The summed E-state index contributed by atoms with van der Waals surface area (Å²) < 4.78 is 4.11. The normalized spacial score (nSPS) is 11.5. The maximum absolute atomic E-state index is 4.56. The van der Waals surface area contributed by atoms with Gasteiger partial charge in [0.05, 0.1) is 29.6 Å². The maximum Gasteiger partial charge on any atom is 0.0962 e. The second-order valence-corrected chi connectivity index (χ2v) is 4.74. The first-order chi connectivity index (χ1) is 8.74. The molecular formula is C14H16N4. The summed E-state index contributed by atoms with van der Waals surface area (Å²) in [6, 6.07) is 10.6. The number of benzene rings is 1. The Balaban J connectivity index is 1.91. The topological polar surface area (TPSA) is 35.6 Å². The average molecular weight is 240 g/mol. The Bertz CT molecular complexity index is 663. The molecule has 0 unspecified atom stereocenters. The standard InChI is InChI=1S/C14H16N4/c1-11(2)18-8-7-12(16-18)9-17-10-15-13-5-3-4-6-14(13)17/h3-8,10-11H,9H2,1-2H3. The number of imidazole rings is 1. The third-order valence-corrected chi connectivity index (χ3v) is 3.05. The Labute approximate surface area is 106 Å². The van der Waals surface area contributed by atoms with Crippen LogP contribution in [0.15, 0.2) is 42.9 Å². The second kappa shape index (κ2) is 4.29. The molecule has 92 valence electrons. The smallest absolute Gasteiger partial charge is 0.0962 e. The van der Waals surface area contributed by atoms with E-state index < -0.39 is 0 Å². The summed E-state index contributed by atoms with van der Waals surface area (Å²) in [5, 5.41) is 4.56. The van der Waals surface area contributed by atoms with E-state index in [1.807, 2.05) is 35.4 Å². The molecular weight excluding hydrogens is 224 g/mol. The summed E-state index contributed by atoms with van der Waals surface area (Å²) in [7, 11) is 0. The van der Waals surface area contributed by atoms with E-state index in [9.17, 15) is 0 Å². The van der Waals surface area contributed by atoms with E-state index in [-0.39, 0.29) is 0 Å². The van der Waals surface area contributed by atoms with Gasteiger partial charge in [0.1, 0.15) is 0 Å². The van der Waals surface area contributed by atoms with Crippen molar-refractivity contribution in [3.05, 3.63) is 48.5 Å². The molecule has 0 bridgehead atoms. The van der Waals surface area contributed by atoms with Crippen molar-refractivity contribution in [3.8, 4) is 0 Å². The molecule has 0 aliphatic heterocycles. The van der Waals surface area contributed by atoms with E-state index in [0.717, 1.165) is 23.3 Å². The lowest BCUT2D eigenvalue weighted by Crippen LogP contribution is -2.04.